The van der Waals surface area contributed by atoms with Crippen LogP contribution in [-0.4, -0.2) is 24.2 Å². The van der Waals surface area contributed by atoms with Crippen LogP contribution in [0.5, 0.6) is 0 Å². The van der Waals surface area contributed by atoms with E-state index in [9.17, 15) is 0 Å². The predicted octanol–water partition coefficient (Wildman–Crippen LogP) is 2.47. The Balaban J connectivity index is 2.00. The van der Waals surface area contributed by atoms with Gasteiger partial charge in [0, 0.05) is 18.5 Å². The lowest BCUT2D eigenvalue weighted by Crippen LogP contribution is -2.17. The third-order valence-electron chi connectivity index (χ3n) is 1.84. The number of allylic oxidation sites excluding steroid dienone is 1. The third kappa shape index (κ3) is 3.82. The quantitative estimate of drug-likeness (QED) is 0.476. The molecule has 1 nitrogen and oxygen atoms in total. The van der Waals surface area contributed by atoms with Crippen LogP contribution in [0.4, 0.5) is 0 Å². The topological polar surface area (TPSA) is 9.23 Å². The van der Waals surface area contributed by atoms with E-state index in [1.54, 1.807) is 0 Å². The standard InChI is InChI=1S/C9H16OS/c1-2-3-8-11-9-4-6-10-7-5-9/h2,9H,1,3-8H2. The van der Waals surface area contributed by atoms with E-state index in [-0.39, 0.29) is 0 Å². The maximum atomic E-state index is 5.27. The summed E-state index contributed by atoms with van der Waals surface area (Å²) in [6.07, 6.45) is 5.61. The molecule has 0 radical (unpaired) electrons. The van der Waals surface area contributed by atoms with Gasteiger partial charge in [-0.15, -0.1) is 6.58 Å². The van der Waals surface area contributed by atoms with Gasteiger partial charge in [0.05, 0.1) is 0 Å². The molecular formula is C9H16OS. The molecule has 2 heteroatoms. The molecule has 0 amide bonds. The Kier molecular flexibility index (Phi) is 4.71. The lowest BCUT2D eigenvalue weighted by molar-refractivity contribution is 0.100. The van der Waals surface area contributed by atoms with Gasteiger partial charge in [0.1, 0.15) is 0 Å². The number of rotatable bonds is 4. The van der Waals surface area contributed by atoms with Crippen molar-refractivity contribution in [1.82, 2.24) is 0 Å². The van der Waals surface area contributed by atoms with E-state index in [1.807, 2.05) is 6.08 Å². The molecule has 0 saturated carbocycles. The highest BCUT2D eigenvalue weighted by Gasteiger charge is 2.12. The molecular weight excluding hydrogens is 156 g/mol. The minimum atomic E-state index is 0.851. The van der Waals surface area contributed by atoms with E-state index in [0.717, 1.165) is 24.9 Å². The lowest BCUT2D eigenvalue weighted by atomic mass is 10.2. The Bertz CT molecular complexity index is 108. The molecule has 1 aliphatic heterocycles. The van der Waals surface area contributed by atoms with Crippen molar-refractivity contribution in [3.8, 4) is 0 Å². The smallest absolute Gasteiger partial charge is 0.0476 e. The molecule has 1 aliphatic rings. The summed E-state index contributed by atoms with van der Waals surface area (Å²) in [6.45, 7) is 5.63. The van der Waals surface area contributed by atoms with Crippen molar-refractivity contribution < 1.29 is 4.74 Å². The summed E-state index contributed by atoms with van der Waals surface area (Å²) in [5.74, 6) is 1.23. The van der Waals surface area contributed by atoms with Crippen LogP contribution in [0.25, 0.3) is 0 Å². The van der Waals surface area contributed by atoms with Crippen molar-refractivity contribution in [3.63, 3.8) is 0 Å². The molecule has 0 unspecified atom stereocenters. The zero-order valence-electron chi connectivity index (χ0n) is 6.92. The molecule has 0 spiro atoms. The molecule has 11 heavy (non-hydrogen) atoms. The first-order valence-corrected chi connectivity index (χ1v) is 5.28. The molecule has 0 aliphatic carbocycles. The van der Waals surface area contributed by atoms with Gasteiger partial charge in [0.2, 0.25) is 0 Å². The van der Waals surface area contributed by atoms with Gasteiger partial charge >= 0.3 is 0 Å². The van der Waals surface area contributed by atoms with Crippen LogP contribution >= 0.6 is 11.8 Å². The van der Waals surface area contributed by atoms with Crippen LogP contribution in [0.15, 0.2) is 12.7 Å². The predicted molar refractivity (Wildman–Crippen MR) is 51.1 cm³/mol. The molecule has 0 aromatic carbocycles. The van der Waals surface area contributed by atoms with Gasteiger partial charge in [-0.3, -0.25) is 0 Å². The summed E-state index contributed by atoms with van der Waals surface area (Å²) in [5, 5.41) is 0.851. The van der Waals surface area contributed by atoms with Crippen molar-refractivity contribution in [2.24, 2.45) is 0 Å². The summed E-state index contributed by atoms with van der Waals surface area (Å²) >= 11 is 2.07. The van der Waals surface area contributed by atoms with E-state index < -0.39 is 0 Å². The normalized spacial score (nSPS) is 20.0. The second-order valence-corrected chi connectivity index (χ2v) is 4.17. The summed E-state index contributed by atoms with van der Waals surface area (Å²) < 4.78 is 5.27. The van der Waals surface area contributed by atoms with Crippen LogP contribution < -0.4 is 0 Å². The summed E-state index contributed by atoms with van der Waals surface area (Å²) in [7, 11) is 0. The Morgan fingerprint density at radius 1 is 1.45 bits per heavy atom. The van der Waals surface area contributed by atoms with Crippen molar-refractivity contribution >= 4 is 11.8 Å². The Hall–Kier alpha value is 0.0500. The van der Waals surface area contributed by atoms with Crippen molar-refractivity contribution in [3.05, 3.63) is 12.7 Å². The minimum Gasteiger partial charge on any atom is -0.381 e. The van der Waals surface area contributed by atoms with Crippen molar-refractivity contribution in [2.75, 3.05) is 19.0 Å². The van der Waals surface area contributed by atoms with Gasteiger partial charge in [0.25, 0.3) is 0 Å². The van der Waals surface area contributed by atoms with Crippen LogP contribution in [-0.2, 0) is 4.74 Å². The molecule has 0 aromatic heterocycles. The molecule has 0 atom stereocenters. The zero-order valence-corrected chi connectivity index (χ0v) is 7.74. The number of hydrogen-bond acceptors (Lipinski definition) is 2. The summed E-state index contributed by atoms with van der Waals surface area (Å²) in [5.41, 5.74) is 0. The zero-order chi connectivity index (χ0) is 7.94. The average Bonchev–Trinajstić information content (AvgIpc) is 2.07. The van der Waals surface area contributed by atoms with E-state index in [2.05, 4.69) is 18.3 Å². The van der Waals surface area contributed by atoms with E-state index in [1.165, 1.54) is 18.6 Å². The fourth-order valence-electron chi connectivity index (χ4n) is 1.16. The van der Waals surface area contributed by atoms with Gasteiger partial charge in [-0.25, -0.2) is 0 Å². The van der Waals surface area contributed by atoms with Crippen LogP contribution in [0.3, 0.4) is 0 Å². The van der Waals surface area contributed by atoms with Crippen molar-refractivity contribution in [2.45, 2.75) is 24.5 Å². The highest BCUT2D eigenvalue weighted by atomic mass is 32.2. The number of hydrogen-bond donors (Lipinski definition) is 0. The van der Waals surface area contributed by atoms with Gasteiger partial charge in [-0.2, -0.15) is 11.8 Å². The maximum absolute atomic E-state index is 5.27. The molecule has 0 N–H and O–H groups in total. The SMILES string of the molecule is C=CCCSC1CCOCC1. The molecule has 1 heterocycles. The van der Waals surface area contributed by atoms with Crippen molar-refractivity contribution in [1.29, 1.82) is 0 Å². The Morgan fingerprint density at radius 2 is 2.18 bits per heavy atom. The first-order chi connectivity index (χ1) is 5.43. The number of thioether (sulfide) groups is 1. The second kappa shape index (κ2) is 5.67. The summed E-state index contributed by atoms with van der Waals surface area (Å²) in [6, 6.07) is 0. The molecule has 1 saturated heterocycles. The lowest BCUT2D eigenvalue weighted by Gasteiger charge is -2.20. The average molecular weight is 172 g/mol. The summed E-state index contributed by atoms with van der Waals surface area (Å²) in [4.78, 5) is 0. The highest BCUT2D eigenvalue weighted by Crippen LogP contribution is 2.22. The van der Waals surface area contributed by atoms with E-state index in [0.29, 0.717) is 0 Å². The van der Waals surface area contributed by atoms with E-state index in [4.69, 9.17) is 4.74 Å². The monoisotopic (exact) mass is 172 g/mol. The first-order valence-electron chi connectivity index (χ1n) is 4.23. The fourth-order valence-corrected chi connectivity index (χ4v) is 2.32. The van der Waals surface area contributed by atoms with Crippen LogP contribution in [0.1, 0.15) is 19.3 Å². The van der Waals surface area contributed by atoms with E-state index >= 15 is 0 Å². The Labute approximate surface area is 73.2 Å². The van der Waals surface area contributed by atoms with Gasteiger partial charge in [0.15, 0.2) is 0 Å². The van der Waals surface area contributed by atoms with Crippen LogP contribution in [0, 0.1) is 0 Å². The molecule has 1 fully saturated rings. The molecule has 0 bridgehead atoms. The second-order valence-electron chi connectivity index (χ2n) is 2.76. The van der Waals surface area contributed by atoms with Gasteiger partial charge in [-0.05, 0) is 25.0 Å². The third-order valence-corrected chi connectivity index (χ3v) is 3.26. The molecule has 64 valence electrons. The first kappa shape index (κ1) is 9.14. The maximum Gasteiger partial charge on any atom is 0.0476 e. The largest absolute Gasteiger partial charge is 0.381 e. The molecule has 1 rings (SSSR count). The highest BCUT2D eigenvalue weighted by molar-refractivity contribution is 7.99. The number of ether oxygens (including phenoxy) is 1. The Morgan fingerprint density at radius 3 is 2.82 bits per heavy atom. The van der Waals surface area contributed by atoms with Gasteiger partial charge in [-0.1, -0.05) is 6.08 Å². The fraction of sp³-hybridized carbons (Fsp3) is 0.778. The minimum absolute atomic E-state index is 0.851. The molecule has 0 aromatic rings. The van der Waals surface area contributed by atoms with Crippen LogP contribution in [0.2, 0.25) is 0 Å². The van der Waals surface area contributed by atoms with Gasteiger partial charge < -0.3 is 4.74 Å².